The molecule has 1 aliphatic carbocycles. The number of rotatable bonds is 4. The maximum Gasteiger partial charge on any atom is 0.227 e. The van der Waals surface area contributed by atoms with Gasteiger partial charge in [0, 0.05) is 32.8 Å². The lowest BCUT2D eigenvalue weighted by Gasteiger charge is -2.46. The highest BCUT2D eigenvalue weighted by Crippen LogP contribution is 2.51. The van der Waals surface area contributed by atoms with Gasteiger partial charge in [0.15, 0.2) is 5.58 Å². The SMILES string of the molecule is CC1CC(C)(C)c2cc(-c3cccc(-n4c5ccccc5c5c6ccccc6c6c7ccccc7n(-c7cccc8oc(-c9ccccc9)nc78)c6c54)c3)ccc2C1(C)C. The first kappa shape index (κ1) is 35.1. The summed E-state index contributed by atoms with van der Waals surface area (Å²) in [6, 6.07) is 59.7. The second-order valence-electron chi connectivity index (χ2n) is 18.2. The van der Waals surface area contributed by atoms with Crippen LogP contribution in [0.3, 0.4) is 0 Å². The molecular formula is C56H45N3O. The van der Waals surface area contributed by atoms with Crippen LogP contribution in [0.25, 0.3) is 99.4 Å². The van der Waals surface area contributed by atoms with Crippen LogP contribution in [0, 0.1) is 5.92 Å². The van der Waals surface area contributed by atoms with Crippen LogP contribution in [-0.2, 0) is 10.8 Å². The van der Waals surface area contributed by atoms with E-state index in [1.807, 2.05) is 24.3 Å². The van der Waals surface area contributed by atoms with Crippen molar-refractivity contribution in [1.29, 1.82) is 0 Å². The lowest BCUT2D eigenvalue weighted by molar-refractivity contribution is 0.233. The third-order valence-electron chi connectivity index (χ3n) is 14.0. The summed E-state index contributed by atoms with van der Waals surface area (Å²) in [5.41, 5.74) is 14.9. The first-order valence-corrected chi connectivity index (χ1v) is 21.3. The normalized spacial score (nSPS) is 16.1. The van der Waals surface area contributed by atoms with E-state index in [1.54, 1.807) is 0 Å². The molecule has 11 aromatic rings. The minimum Gasteiger partial charge on any atom is -0.436 e. The number of para-hydroxylation sites is 3. The van der Waals surface area contributed by atoms with Gasteiger partial charge in [0.05, 0.1) is 27.8 Å². The number of aromatic nitrogens is 3. The Morgan fingerprint density at radius 2 is 1.12 bits per heavy atom. The number of fused-ring (bicyclic) bond motifs is 12. The molecule has 0 bridgehead atoms. The van der Waals surface area contributed by atoms with Crippen LogP contribution in [0.5, 0.6) is 0 Å². The number of oxazole rings is 1. The fraction of sp³-hybridized carbons (Fsp3) is 0.161. The minimum atomic E-state index is 0.0966. The predicted molar refractivity (Wildman–Crippen MR) is 251 cm³/mol. The number of nitrogens with zero attached hydrogens (tertiary/aromatic N) is 3. The Balaban J connectivity index is 1.20. The average molecular weight is 776 g/mol. The van der Waals surface area contributed by atoms with Crippen LogP contribution in [0.4, 0.5) is 0 Å². The van der Waals surface area contributed by atoms with E-state index in [0.29, 0.717) is 11.8 Å². The summed E-state index contributed by atoms with van der Waals surface area (Å²) in [6.45, 7) is 12.1. The van der Waals surface area contributed by atoms with E-state index in [-0.39, 0.29) is 10.8 Å². The molecule has 8 aromatic carbocycles. The van der Waals surface area contributed by atoms with Gasteiger partial charge in [-0.25, -0.2) is 4.98 Å². The number of hydrogen-bond donors (Lipinski definition) is 0. The van der Waals surface area contributed by atoms with Gasteiger partial charge in [-0.15, -0.1) is 0 Å². The van der Waals surface area contributed by atoms with Crippen LogP contribution in [0.2, 0.25) is 0 Å². The highest BCUT2D eigenvalue weighted by atomic mass is 16.3. The summed E-state index contributed by atoms with van der Waals surface area (Å²) in [4.78, 5) is 5.22. The van der Waals surface area contributed by atoms with Crippen molar-refractivity contribution in [2.45, 2.75) is 51.9 Å². The third-order valence-corrected chi connectivity index (χ3v) is 14.0. The number of hydrogen-bond acceptors (Lipinski definition) is 2. The third kappa shape index (κ3) is 4.88. The highest BCUT2D eigenvalue weighted by molar-refractivity contribution is 6.36. The van der Waals surface area contributed by atoms with Crippen molar-refractivity contribution in [3.05, 3.63) is 175 Å². The lowest BCUT2D eigenvalue weighted by atomic mass is 9.58. The molecule has 3 aromatic heterocycles. The largest absolute Gasteiger partial charge is 0.436 e. The monoisotopic (exact) mass is 775 g/mol. The maximum atomic E-state index is 6.51. The van der Waals surface area contributed by atoms with Crippen LogP contribution >= 0.6 is 0 Å². The van der Waals surface area contributed by atoms with Crippen LogP contribution in [-0.4, -0.2) is 14.1 Å². The zero-order chi connectivity index (χ0) is 40.5. The zero-order valence-corrected chi connectivity index (χ0v) is 34.6. The molecule has 4 heteroatoms. The summed E-state index contributed by atoms with van der Waals surface area (Å²) in [6.07, 6.45) is 1.17. The molecule has 60 heavy (non-hydrogen) atoms. The van der Waals surface area contributed by atoms with Crippen molar-refractivity contribution in [2.24, 2.45) is 5.92 Å². The Bertz CT molecular complexity index is 3540. The van der Waals surface area contributed by atoms with Crippen LogP contribution < -0.4 is 0 Å². The van der Waals surface area contributed by atoms with E-state index in [2.05, 4.69) is 183 Å². The van der Waals surface area contributed by atoms with Gasteiger partial charge in [-0.05, 0) is 105 Å². The molecule has 12 rings (SSSR count). The zero-order valence-electron chi connectivity index (χ0n) is 34.6. The fourth-order valence-electron chi connectivity index (χ4n) is 10.8. The van der Waals surface area contributed by atoms with E-state index in [0.717, 1.165) is 39.1 Å². The molecule has 4 nitrogen and oxygen atoms in total. The summed E-state index contributed by atoms with van der Waals surface area (Å²) >= 11 is 0. The smallest absolute Gasteiger partial charge is 0.227 e. The molecule has 0 saturated carbocycles. The first-order chi connectivity index (χ1) is 29.2. The Hall–Kier alpha value is -6.91. The molecule has 0 radical (unpaired) electrons. The van der Waals surface area contributed by atoms with Gasteiger partial charge in [0.2, 0.25) is 5.89 Å². The van der Waals surface area contributed by atoms with Gasteiger partial charge >= 0.3 is 0 Å². The summed E-state index contributed by atoms with van der Waals surface area (Å²) in [5, 5.41) is 7.38. The molecule has 290 valence electrons. The Morgan fingerprint density at radius 3 is 1.83 bits per heavy atom. The quantitative estimate of drug-likeness (QED) is 0.178. The molecule has 0 fully saturated rings. The second kappa shape index (κ2) is 12.5. The molecule has 0 aliphatic heterocycles. The van der Waals surface area contributed by atoms with Crippen molar-refractivity contribution in [1.82, 2.24) is 14.1 Å². The topological polar surface area (TPSA) is 35.9 Å². The van der Waals surface area contributed by atoms with Crippen molar-refractivity contribution in [3.8, 4) is 34.0 Å². The lowest BCUT2D eigenvalue weighted by Crippen LogP contribution is -2.40. The van der Waals surface area contributed by atoms with Gasteiger partial charge in [0.25, 0.3) is 0 Å². The molecule has 0 N–H and O–H groups in total. The Labute approximate surface area is 349 Å². The molecule has 1 atom stereocenters. The second-order valence-corrected chi connectivity index (χ2v) is 18.2. The summed E-state index contributed by atoms with van der Waals surface area (Å²) in [7, 11) is 0. The van der Waals surface area contributed by atoms with Gasteiger partial charge in [0.1, 0.15) is 5.52 Å². The Kier molecular flexibility index (Phi) is 7.33. The molecule has 0 saturated heterocycles. The molecule has 1 unspecified atom stereocenters. The number of benzene rings is 8. The molecule has 3 heterocycles. The van der Waals surface area contributed by atoms with E-state index in [4.69, 9.17) is 9.40 Å². The summed E-state index contributed by atoms with van der Waals surface area (Å²) in [5.74, 6) is 1.22. The fourth-order valence-corrected chi connectivity index (χ4v) is 10.8. The molecule has 1 aliphatic rings. The minimum absolute atomic E-state index is 0.0966. The summed E-state index contributed by atoms with van der Waals surface area (Å²) < 4.78 is 11.5. The standard InChI is InChI=1S/C56H45N3O/c1-34-33-55(2,3)44-32-37(29-30-43(44)56(34,4)5)36-19-15-20-38(31-36)58-45-25-13-11-23-41(45)49-39-21-9-10-22-40(39)50-42-24-12-14-26-46(42)59(53(50)52(49)58)47-27-16-28-48-51(47)57-54(60-48)35-17-7-6-8-18-35/h6-32,34H,33H2,1-5H3. The Morgan fingerprint density at radius 1 is 0.533 bits per heavy atom. The van der Waals surface area contributed by atoms with Crippen molar-refractivity contribution >= 4 is 65.5 Å². The van der Waals surface area contributed by atoms with Gasteiger partial charge in [-0.3, -0.25) is 0 Å². The van der Waals surface area contributed by atoms with Gasteiger partial charge in [-0.1, -0.05) is 150 Å². The van der Waals surface area contributed by atoms with Crippen LogP contribution in [0.1, 0.15) is 52.2 Å². The van der Waals surface area contributed by atoms with Crippen molar-refractivity contribution in [2.75, 3.05) is 0 Å². The van der Waals surface area contributed by atoms with Gasteiger partial charge in [-0.2, -0.15) is 0 Å². The van der Waals surface area contributed by atoms with Crippen LogP contribution in [0.15, 0.2) is 168 Å². The molecule has 0 spiro atoms. The van der Waals surface area contributed by atoms with E-state index >= 15 is 0 Å². The first-order valence-electron chi connectivity index (χ1n) is 21.3. The van der Waals surface area contributed by atoms with E-state index in [9.17, 15) is 0 Å². The molecular weight excluding hydrogens is 731 g/mol. The highest BCUT2D eigenvalue weighted by Gasteiger charge is 2.42. The maximum absolute atomic E-state index is 6.51. The predicted octanol–water partition coefficient (Wildman–Crippen LogP) is 15.1. The van der Waals surface area contributed by atoms with Crippen molar-refractivity contribution < 1.29 is 4.42 Å². The average Bonchev–Trinajstić information content (AvgIpc) is 3.97. The van der Waals surface area contributed by atoms with E-state index < -0.39 is 0 Å². The molecule has 0 amide bonds. The van der Waals surface area contributed by atoms with Gasteiger partial charge < -0.3 is 13.6 Å². The van der Waals surface area contributed by atoms with E-state index in [1.165, 1.54) is 72.0 Å². The van der Waals surface area contributed by atoms with Crippen molar-refractivity contribution in [3.63, 3.8) is 0 Å².